The highest BCUT2D eigenvalue weighted by molar-refractivity contribution is 7.47. The molecule has 0 bridgehead atoms. The van der Waals surface area contributed by atoms with Crippen LogP contribution >= 0.6 is 7.82 Å². The predicted molar refractivity (Wildman–Crippen MR) is 216 cm³/mol. The van der Waals surface area contributed by atoms with E-state index in [0.717, 1.165) is 77.0 Å². The predicted octanol–water partition coefficient (Wildman–Crippen LogP) is 10.9. The van der Waals surface area contributed by atoms with Gasteiger partial charge in [-0.3, -0.25) is 13.8 Å². The van der Waals surface area contributed by atoms with Crippen molar-refractivity contribution < 1.29 is 28.4 Å². The summed E-state index contributed by atoms with van der Waals surface area (Å²) in [5, 5.41) is 13.6. The van der Waals surface area contributed by atoms with E-state index in [-0.39, 0.29) is 25.7 Å². The average molecular weight is 735 g/mol. The maximum Gasteiger partial charge on any atom is 0.472 e. The second kappa shape index (κ2) is 37.7. The Bertz CT molecular complexity index is 1020. The summed E-state index contributed by atoms with van der Waals surface area (Å²) in [5.74, 6) is -0.231. The Morgan fingerprint density at radius 3 is 1.75 bits per heavy atom. The number of aliphatic hydroxyl groups is 1. The maximum atomic E-state index is 12.7. The van der Waals surface area contributed by atoms with Crippen LogP contribution in [0.3, 0.4) is 0 Å². The van der Waals surface area contributed by atoms with Crippen LogP contribution in [0.2, 0.25) is 0 Å². The van der Waals surface area contributed by atoms with Gasteiger partial charge in [0.15, 0.2) is 0 Å². The van der Waals surface area contributed by atoms with Gasteiger partial charge in [0.1, 0.15) is 0 Å². The van der Waals surface area contributed by atoms with Crippen molar-refractivity contribution in [2.75, 3.05) is 19.8 Å². The average Bonchev–Trinajstić information content (AvgIpc) is 3.12. The molecule has 0 aliphatic rings. The molecule has 3 atom stereocenters. The summed E-state index contributed by atoms with van der Waals surface area (Å²) in [7, 11) is -4.35. The van der Waals surface area contributed by atoms with Crippen molar-refractivity contribution in [1.29, 1.82) is 0 Å². The van der Waals surface area contributed by atoms with Crippen LogP contribution in [0.4, 0.5) is 0 Å². The molecular formula is C42H75N2O6P. The summed E-state index contributed by atoms with van der Waals surface area (Å²) in [4.78, 5) is 22.6. The minimum absolute atomic E-state index is 0.0660. The van der Waals surface area contributed by atoms with Crippen molar-refractivity contribution in [3.05, 3.63) is 72.9 Å². The van der Waals surface area contributed by atoms with Gasteiger partial charge in [-0.2, -0.15) is 0 Å². The molecule has 0 aromatic rings. The number of amides is 1. The second-order valence-corrected chi connectivity index (χ2v) is 14.6. The van der Waals surface area contributed by atoms with Gasteiger partial charge < -0.3 is 21.1 Å². The molecule has 294 valence electrons. The summed E-state index contributed by atoms with van der Waals surface area (Å²) in [6.45, 7) is 3.95. The number of aliphatic hydroxyl groups excluding tert-OH is 1. The lowest BCUT2D eigenvalue weighted by molar-refractivity contribution is -0.123. The Labute approximate surface area is 312 Å². The molecule has 0 heterocycles. The Kier molecular flexibility index (Phi) is 36.2. The third-order valence-corrected chi connectivity index (χ3v) is 9.25. The number of hydrogen-bond donors (Lipinski definition) is 4. The highest BCUT2D eigenvalue weighted by Gasteiger charge is 2.26. The minimum atomic E-state index is -4.35. The minimum Gasteiger partial charge on any atom is -0.387 e. The third kappa shape index (κ3) is 36.1. The van der Waals surface area contributed by atoms with Crippen LogP contribution < -0.4 is 11.1 Å². The van der Waals surface area contributed by atoms with E-state index >= 15 is 0 Å². The fourth-order valence-electron chi connectivity index (χ4n) is 5.25. The van der Waals surface area contributed by atoms with E-state index in [1.807, 2.05) is 6.08 Å². The molecule has 9 heteroatoms. The highest BCUT2D eigenvalue weighted by atomic mass is 31.2. The summed E-state index contributed by atoms with van der Waals surface area (Å²) in [5.41, 5.74) is 5.36. The monoisotopic (exact) mass is 735 g/mol. The molecule has 3 unspecified atom stereocenters. The lowest BCUT2D eigenvalue weighted by Crippen LogP contribution is -2.45. The van der Waals surface area contributed by atoms with Crippen LogP contribution in [-0.2, 0) is 18.4 Å². The summed E-state index contributed by atoms with van der Waals surface area (Å²) in [6.07, 6.45) is 48.0. The number of phosphoric ester groups is 1. The van der Waals surface area contributed by atoms with E-state index < -0.39 is 20.0 Å². The van der Waals surface area contributed by atoms with E-state index in [9.17, 15) is 19.4 Å². The Balaban J connectivity index is 4.40. The molecule has 0 aromatic heterocycles. The molecule has 0 radical (unpaired) electrons. The lowest BCUT2D eigenvalue weighted by Gasteiger charge is -2.23. The zero-order chi connectivity index (χ0) is 37.5. The van der Waals surface area contributed by atoms with Crippen molar-refractivity contribution in [3.8, 4) is 0 Å². The first-order valence-corrected chi connectivity index (χ1v) is 21.6. The fraction of sp³-hybridized carbons (Fsp3) is 0.690. The number of phosphoric acid groups is 1. The topological polar surface area (TPSA) is 131 Å². The number of allylic oxidation sites excluding steroid dienone is 11. The molecule has 0 aromatic carbocycles. The normalized spacial score (nSPS) is 15.0. The SMILES string of the molecule is CC/C=C\C/C=C\C/C=C\C/C=C\CCCCCCC(=O)NC(COP(=O)(O)OCCN)C(O)/C=C/CC/C=C/CCCCCCCCCCC. The van der Waals surface area contributed by atoms with Crippen LogP contribution in [0.15, 0.2) is 72.9 Å². The Hall–Kier alpha value is -2.06. The molecule has 8 nitrogen and oxygen atoms in total. The number of nitrogens with two attached hydrogens (primary N) is 1. The van der Waals surface area contributed by atoms with Crippen molar-refractivity contribution in [1.82, 2.24) is 5.32 Å². The second-order valence-electron chi connectivity index (χ2n) is 13.1. The summed E-state index contributed by atoms with van der Waals surface area (Å²) < 4.78 is 22.0. The molecule has 0 aliphatic heterocycles. The largest absolute Gasteiger partial charge is 0.472 e. The van der Waals surface area contributed by atoms with Crippen molar-refractivity contribution >= 4 is 13.7 Å². The first-order valence-electron chi connectivity index (χ1n) is 20.1. The van der Waals surface area contributed by atoms with Crippen LogP contribution in [-0.4, -0.2) is 47.8 Å². The molecule has 0 saturated carbocycles. The number of hydrogen-bond acceptors (Lipinski definition) is 6. The molecule has 1 amide bonds. The Morgan fingerprint density at radius 1 is 0.667 bits per heavy atom. The van der Waals surface area contributed by atoms with Gasteiger partial charge in [0.05, 0.1) is 25.4 Å². The number of nitrogens with one attached hydrogen (secondary N) is 1. The number of carbonyl (C=O) groups is 1. The molecule has 5 N–H and O–H groups in total. The number of carbonyl (C=O) groups excluding carboxylic acids is 1. The van der Waals surface area contributed by atoms with E-state index in [0.29, 0.717) is 6.42 Å². The van der Waals surface area contributed by atoms with E-state index in [2.05, 4.69) is 79.9 Å². The van der Waals surface area contributed by atoms with E-state index in [1.54, 1.807) is 6.08 Å². The Morgan fingerprint density at radius 2 is 1.16 bits per heavy atom. The standard InChI is InChI=1S/C42H75N2O6P/c1-3-5-7-9-11-13-15-17-19-20-22-24-26-28-30-32-34-36-42(46)44-40(39-50-51(47,48)49-38-37-43)41(45)35-33-31-29-27-25-23-21-18-16-14-12-10-8-6-4-2/h5,7,11,13,17,19,22,24-25,27,33,35,40-41,45H,3-4,6,8-10,12,14-16,18,20-21,23,26,28-32,34,36-39,43H2,1-2H3,(H,44,46)(H,47,48)/b7-5-,13-11-,19-17-,24-22-,27-25+,35-33+. The molecule has 0 aliphatic carbocycles. The molecule has 0 fully saturated rings. The van der Waals surface area contributed by atoms with Crippen LogP contribution in [0.25, 0.3) is 0 Å². The van der Waals surface area contributed by atoms with Crippen LogP contribution in [0.5, 0.6) is 0 Å². The van der Waals surface area contributed by atoms with E-state index in [4.69, 9.17) is 14.8 Å². The van der Waals surface area contributed by atoms with Gasteiger partial charge in [-0.1, -0.05) is 151 Å². The van der Waals surface area contributed by atoms with Gasteiger partial charge >= 0.3 is 7.82 Å². The molecule has 0 rings (SSSR count). The first-order chi connectivity index (χ1) is 24.9. The summed E-state index contributed by atoms with van der Waals surface area (Å²) in [6, 6.07) is -0.893. The fourth-order valence-corrected chi connectivity index (χ4v) is 6.01. The zero-order valence-corrected chi connectivity index (χ0v) is 33.2. The third-order valence-electron chi connectivity index (χ3n) is 8.27. The van der Waals surface area contributed by atoms with Crippen molar-refractivity contribution in [3.63, 3.8) is 0 Å². The van der Waals surface area contributed by atoms with Gasteiger partial charge in [0.25, 0.3) is 0 Å². The van der Waals surface area contributed by atoms with Gasteiger partial charge in [0.2, 0.25) is 5.91 Å². The highest BCUT2D eigenvalue weighted by Crippen LogP contribution is 2.43. The molecule has 51 heavy (non-hydrogen) atoms. The molecule has 0 saturated heterocycles. The maximum absolute atomic E-state index is 12.7. The van der Waals surface area contributed by atoms with Gasteiger partial charge in [0, 0.05) is 13.0 Å². The smallest absolute Gasteiger partial charge is 0.387 e. The zero-order valence-electron chi connectivity index (χ0n) is 32.3. The quantitative estimate of drug-likeness (QED) is 0.0286. The number of rotatable bonds is 36. The molecule has 0 spiro atoms. The van der Waals surface area contributed by atoms with Gasteiger partial charge in [-0.25, -0.2) is 4.57 Å². The van der Waals surface area contributed by atoms with Crippen LogP contribution in [0, 0.1) is 0 Å². The van der Waals surface area contributed by atoms with E-state index in [1.165, 1.54) is 57.8 Å². The van der Waals surface area contributed by atoms with Crippen molar-refractivity contribution in [2.45, 2.75) is 167 Å². The molecular weight excluding hydrogens is 659 g/mol. The van der Waals surface area contributed by atoms with Gasteiger partial charge in [-0.15, -0.1) is 0 Å². The summed E-state index contributed by atoms with van der Waals surface area (Å²) >= 11 is 0. The van der Waals surface area contributed by atoms with Gasteiger partial charge in [-0.05, 0) is 70.6 Å². The van der Waals surface area contributed by atoms with Crippen LogP contribution in [0.1, 0.15) is 155 Å². The van der Waals surface area contributed by atoms with Crippen molar-refractivity contribution in [2.24, 2.45) is 5.73 Å². The first kappa shape index (κ1) is 48.9. The lowest BCUT2D eigenvalue weighted by atomic mass is 10.1. The number of unbranched alkanes of at least 4 members (excludes halogenated alkanes) is 14.